The molecule has 1 fully saturated rings. The molecule has 0 amide bonds. The van der Waals surface area contributed by atoms with Crippen LogP contribution in [0.3, 0.4) is 0 Å². The predicted octanol–water partition coefficient (Wildman–Crippen LogP) is 2.41. The Balaban J connectivity index is 2.19. The van der Waals surface area contributed by atoms with Crippen LogP contribution >= 0.6 is 0 Å². The standard InChI is InChI=1S/C14H19F2NO2/c15-13(16)11-3-1-10(2-4-11)12(18)14(9-17)5-7-19-8-6-14/h1-4,12-13,18H,5-9,17H2. The molecule has 0 bridgehead atoms. The van der Waals surface area contributed by atoms with Gasteiger partial charge in [0.25, 0.3) is 6.43 Å². The minimum Gasteiger partial charge on any atom is -0.388 e. The predicted molar refractivity (Wildman–Crippen MR) is 67.9 cm³/mol. The van der Waals surface area contributed by atoms with Gasteiger partial charge in [0.1, 0.15) is 0 Å². The van der Waals surface area contributed by atoms with Crippen LogP contribution < -0.4 is 5.73 Å². The van der Waals surface area contributed by atoms with Crippen LogP contribution in [0, 0.1) is 5.41 Å². The van der Waals surface area contributed by atoms with Crippen LogP contribution in [0.4, 0.5) is 8.78 Å². The second kappa shape index (κ2) is 5.94. The maximum atomic E-state index is 12.5. The number of hydrogen-bond donors (Lipinski definition) is 2. The van der Waals surface area contributed by atoms with Gasteiger partial charge in [0.05, 0.1) is 6.10 Å². The van der Waals surface area contributed by atoms with Gasteiger partial charge < -0.3 is 15.6 Å². The lowest BCUT2D eigenvalue weighted by atomic mass is 9.73. The van der Waals surface area contributed by atoms with E-state index in [9.17, 15) is 13.9 Å². The Labute approximate surface area is 111 Å². The molecule has 1 aliphatic rings. The number of aliphatic hydroxyl groups is 1. The molecule has 1 aromatic rings. The van der Waals surface area contributed by atoms with E-state index in [1.165, 1.54) is 12.1 Å². The van der Waals surface area contributed by atoms with Crippen molar-refractivity contribution >= 4 is 0 Å². The fraction of sp³-hybridized carbons (Fsp3) is 0.571. The molecule has 1 saturated heterocycles. The Hall–Kier alpha value is -1.04. The number of hydrogen-bond acceptors (Lipinski definition) is 3. The van der Waals surface area contributed by atoms with Crippen molar-refractivity contribution in [1.82, 2.24) is 0 Å². The number of ether oxygens (including phenoxy) is 1. The molecule has 0 aliphatic carbocycles. The average molecular weight is 271 g/mol. The first kappa shape index (κ1) is 14.4. The number of rotatable bonds is 4. The molecular weight excluding hydrogens is 252 g/mol. The van der Waals surface area contributed by atoms with Crippen molar-refractivity contribution in [3.8, 4) is 0 Å². The van der Waals surface area contributed by atoms with Gasteiger partial charge in [-0.1, -0.05) is 24.3 Å². The molecule has 2 rings (SSSR count). The fourth-order valence-corrected chi connectivity index (χ4v) is 2.54. The van der Waals surface area contributed by atoms with Gasteiger partial charge in [-0.05, 0) is 18.4 Å². The van der Waals surface area contributed by atoms with Crippen LogP contribution in [0.1, 0.15) is 36.5 Å². The summed E-state index contributed by atoms with van der Waals surface area (Å²) >= 11 is 0. The number of benzene rings is 1. The molecule has 1 unspecified atom stereocenters. The van der Waals surface area contributed by atoms with Crippen LogP contribution in [-0.2, 0) is 4.74 Å². The third kappa shape index (κ3) is 2.94. The van der Waals surface area contributed by atoms with Gasteiger partial charge in [-0.15, -0.1) is 0 Å². The summed E-state index contributed by atoms with van der Waals surface area (Å²) < 4.78 is 30.3. The summed E-state index contributed by atoms with van der Waals surface area (Å²) in [6.45, 7) is 1.50. The Kier molecular flexibility index (Phi) is 4.50. The van der Waals surface area contributed by atoms with Crippen molar-refractivity contribution in [1.29, 1.82) is 0 Å². The van der Waals surface area contributed by atoms with Crippen LogP contribution in [0.25, 0.3) is 0 Å². The van der Waals surface area contributed by atoms with E-state index < -0.39 is 17.9 Å². The van der Waals surface area contributed by atoms with Gasteiger partial charge in [0.2, 0.25) is 0 Å². The normalized spacial score (nSPS) is 20.5. The van der Waals surface area contributed by atoms with Crippen molar-refractivity contribution in [2.24, 2.45) is 11.1 Å². The second-order valence-corrected chi connectivity index (χ2v) is 5.05. The molecule has 0 saturated carbocycles. The van der Waals surface area contributed by atoms with Crippen LogP contribution in [0.2, 0.25) is 0 Å². The topological polar surface area (TPSA) is 55.5 Å². The van der Waals surface area contributed by atoms with Crippen molar-refractivity contribution in [3.63, 3.8) is 0 Å². The largest absolute Gasteiger partial charge is 0.388 e. The van der Waals surface area contributed by atoms with E-state index in [4.69, 9.17) is 10.5 Å². The summed E-state index contributed by atoms with van der Waals surface area (Å²) in [5.41, 5.74) is 6.01. The van der Waals surface area contributed by atoms with E-state index in [2.05, 4.69) is 0 Å². The fourth-order valence-electron chi connectivity index (χ4n) is 2.54. The molecule has 3 nitrogen and oxygen atoms in total. The summed E-state index contributed by atoms with van der Waals surface area (Å²) in [5, 5.41) is 10.5. The Morgan fingerprint density at radius 2 is 1.68 bits per heavy atom. The van der Waals surface area contributed by atoms with Crippen molar-refractivity contribution < 1.29 is 18.6 Å². The number of alkyl halides is 2. The Bertz CT molecular complexity index is 402. The summed E-state index contributed by atoms with van der Waals surface area (Å²) in [5.74, 6) is 0. The lowest BCUT2D eigenvalue weighted by Gasteiger charge is -2.40. The summed E-state index contributed by atoms with van der Waals surface area (Å²) in [6, 6.07) is 5.82. The van der Waals surface area contributed by atoms with Crippen LogP contribution in [0.5, 0.6) is 0 Å². The average Bonchev–Trinajstić information content (AvgIpc) is 2.47. The highest BCUT2D eigenvalue weighted by Crippen LogP contribution is 2.41. The van der Waals surface area contributed by atoms with Crippen molar-refractivity contribution in [3.05, 3.63) is 35.4 Å². The zero-order valence-corrected chi connectivity index (χ0v) is 10.7. The van der Waals surface area contributed by atoms with Gasteiger partial charge in [-0.25, -0.2) is 8.78 Å². The third-order valence-corrected chi connectivity index (χ3v) is 3.98. The van der Waals surface area contributed by atoms with E-state index in [0.29, 0.717) is 38.2 Å². The molecule has 0 radical (unpaired) electrons. The number of aliphatic hydroxyl groups excluding tert-OH is 1. The molecule has 0 aromatic heterocycles. The summed E-state index contributed by atoms with van der Waals surface area (Å²) in [6.07, 6.45) is -1.87. The van der Waals surface area contributed by atoms with E-state index >= 15 is 0 Å². The molecule has 1 aliphatic heterocycles. The number of halogens is 2. The minimum atomic E-state index is -2.49. The second-order valence-electron chi connectivity index (χ2n) is 5.05. The van der Waals surface area contributed by atoms with E-state index in [1.807, 2.05) is 0 Å². The van der Waals surface area contributed by atoms with E-state index in [1.54, 1.807) is 12.1 Å². The molecule has 5 heteroatoms. The Morgan fingerprint density at radius 1 is 1.16 bits per heavy atom. The summed E-state index contributed by atoms with van der Waals surface area (Å²) in [4.78, 5) is 0. The molecular formula is C14H19F2NO2. The van der Waals surface area contributed by atoms with Gasteiger partial charge in [0, 0.05) is 30.7 Å². The van der Waals surface area contributed by atoms with E-state index in [-0.39, 0.29) is 5.56 Å². The third-order valence-electron chi connectivity index (χ3n) is 3.98. The molecule has 0 spiro atoms. The lowest BCUT2D eigenvalue weighted by molar-refractivity contribution is -0.0581. The quantitative estimate of drug-likeness (QED) is 0.884. The highest BCUT2D eigenvalue weighted by molar-refractivity contribution is 5.26. The van der Waals surface area contributed by atoms with Gasteiger partial charge >= 0.3 is 0 Å². The molecule has 1 aromatic carbocycles. The van der Waals surface area contributed by atoms with Gasteiger partial charge in [0.15, 0.2) is 0 Å². The molecule has 1 atom stereocenters. The molecule has 3 N–H and O–H groups in total. The van der Waals surface area contributed by atoms with Crippen molar-refractivity contribution in [2.45, 2.75) is 25.4 Å². The first-order valence-corrected chi connectivity index (χ1v) is 6.43. The first-order valence-electron chi connectivity index (χ1n) is 6.43. The zero-order valence-electron chi connectivity index (χ0n) is 10.7. The number of nitrogens with two attached hydrogens (primary N) is 1. The monoisotopic (exact) mass is 271 g/mol. The van der Waals surface area contributed by atoms with Crippen molar-refractivity contribution in [2.75, 3.05) is 19.8 Å². The van der Waals surface area contributed by atoms with Crippen LogP contribution in [-0.4, -0.2) is 24.9 Å². The molecule has 106 valence electrons. The minimum absolute atomic E-state index is 0.0373. The smallest absolute Gasteiger partial charge is 0.263 e. The van der Waals surface area contributed by atoms with Gasteiger partial charge in [-0.2, -0.15) is 0 Å². The Morgan fingerprint density at radius 3 is 2.16 bits per heavy atom. The van der Waals surface area contributed by atoms with Crippen LogP contribution in [0.15, 0.2) is 24.3 Å². The van der Waals surface area contributed by atoms with E-state index in [0.717, 1.165) is 0 Å². The first-order chi connectivity index (χ1) is 9.09. The zero-order chi connectivity index (χ0) is 13.9. The van der Waals surface area contributed by atoms with Gasteiger partial charge in [-0.3, -0.25) is 0 Å². The maximum Gasteiger partial charge on any atom is 0.263 e. The molecule has 19 heavy (non-hydrogen) atoms. The SMILES string of the molecule is NCC1(C(O)c2ccc(C(F)F)cc2)CCOCC1. The molecule has 1 heterocycles. The summed E-state index contributed by atoms with van der Waals surface area (Å²) in [7, 11) is 0. The lowest BCUT2D eigenvalue weighted by Crippen LogP contribution is -2.41. The highest BCUT2D eigenvalue weighted by Gasteiger charge is 2.39. The maximum absolute atomic E-state index is 12.5. The highest BCUT2D eigenvalue weighted by atomic mass is 19.3.